The van der Waals surface area contributed by atoms with E-state index in [2.05, 4.69) is 0 Å². The second-order valence-corrected chi connectivity index (χ2v) is 4.12. The fourth-order valence-electron chi connectivity index (χ4n) is 0.318. The molecule has 0 saturated carbocycles. The van der Waals surface area contributed by atoms with Crippen LogP contribution in [0.1, 0.15) is 13.3 Å². The molecular weight excluding hydrogens is 126 g/mol. The average molecular weight is 137 g/mol. The van der Waals surface area contributed by atoms with Crippen molar-refractivity contribution < 1.29 is 9.32 Å². The Balaban J connectivity index is 4.04. The molecule has 0 aliphatic carbocycles. The van der Waals surface area contributed by atoms with E-state index in [0.717, 1.165) is 0 Å². The second-order valence-electron chi connectivity index (χ2n) is 1.77. The number of hydrogen-bond donors (Lipinski definition) is 2. The van der Waals surface area contributed by atoms with E-state index in [0.29, 0.717) is 6.42 Å². The minimum absolute atomic E-state index is 0.388. The molecule has 4 heteroatoms. The monoisotopic (exact) mass is 137 g/mol. The summed E-state index contributed by atoms with van der Waals surface area (Å²) in [4.78, 5) is 0. The number of aliphatic hydroxyl groups is 1. The summed E-state index contributed by atoms with van der Waals surface area (Å²) in [5.41, 5.74) is -0.956. The molecule has 0 saturated heterocycles. The van der Waals surface area contributed by atoms with Gasteiger partial charge in [-0.1, -0.05) is 6.92 Å². The van der Waals surface area contributed by atoms with Crippen molar-refractivity contribution in [2.45, 2.75) is 18.8 Å². The Hall–Kier alpha value is -0.0900. The highest BCUT2D eigenvalue weighted by Crippen LogP contribution is 1.98. The summed E-state index contributed by atoms with van der Waals surface area (Å²) in [7, 11) is -2.70. The van der Waals surface area contributed by atoms with Gasteiger partial charge in [-0.15, -0.1) is 0 Å². The number of rotatable bonds is 2. The van der Waals surface area contributed by atoms with Gasteiger partial charge in [-0.05, 0) is 6.42 Å². The Morgan fingerprint density at radius 1 is 1.88 bits per heavy atom. The van der Waals surface area contributed by atoms with Gasteiger partial charge in [0.15, 0.2) is 0 Å². The van der Waals surface area contributed by atoms with Crippen LogP contribution in [0.5, 0.6) is 0 Å². The molecule has 0 fully saturated rings. The molecule has 3 nitrogen and oxygen atoms in total. The molecule has 50 valence electrons. The average Bonchev–Trinajstić information content (AvgIpc) is 1.62. The molecule has 2 atom stereocenters. The lowest BCUT2D eigenvalue weighted by atomic mass is 10.5. The van der Waals surface area contributed by atoms with Crippen LogP contribution in [0.4, 0.5) is 0 Å². The third kappa shape index (κ3) is 2.28. The molecule has 8 heavy (non-hydrogen) atoms. The van der Waals surface area contributed by atoms with Crippen LogP contribution in [0.15, 0.2) is 0 Å². The largest absolute Gasteiger partial charge is 0.379 e. The predicted molar refractivity (Wildman–Crippen MR) is 33.1 cm³/mol. The maximum absolute atomic E-state index is 10.5. The third-order valence-corrected chi connectivity index (χ3v) is 2.24. The van der Waals surface area contributed by atoms with Crippen LogP contribution in [0, 0.1) is 4.78 Å². The second kappa shape index (κ2) is 2.46. The maximum atomic E-state index is 10.5. The number of aliphatic hydroxyl groups excluding tert-OH is 1. The van der Waals surface area contributed by atoms with Crippen molar-refractivity contribution >= 4 is 9.73 Å². The van der Waals surface area contributed by atoms with Crippen LogP contribution in [0.3, 0.4) is 0 Å². The van der Waals surface area contributed by atoms with Gasteiger partial charge >= 0.3 is 0 Å². The van der Waals surface area contributed by atoms with Crippen molar-refractivity contribution in [2.75, 3.05) is 6.26 Å². The Kier molecular flexibility index (Phi) is 2.43. The molecule has 2 N–H and O–H groups in total. The Labute approximate surface area is 49.7 Å². The van der Waals surface area contributed by atoms with E-state index >= 15 is 0 Å². The SMILES string of the molecule is CCC(O)S(C)(=N)=O. The van der Waals surface area contributed by atoms with Gasteiger partial charge in [0, 0.05) is 6.26 Å². The summed E-state index contributed by atoms with van der Waals surface area (Å²) in [6.07, 6.45) is 1.63. The van der Waals surface area contributed by atoms with Crippen LogP contribution >= 0.6 is 0 Å². The molecule has 0 aromatic heterocycles. The Morgan fingerprint density at radius 3 is 2.25 bits per heavy atom. The summed E-state index contributed by atoms with van der Waals surface area (Å²) < 4.78 is 17.4. The predicted octanol–water partition coefficient (Wildman–Crippen LogP) is 0.391. The third-order valence-electron chi connectivity index (χ3n) is 0.868. The first-order chi connectivity index (χ1) is 3.48. The standard InChI is InChI=1S/C4H11NO2S/c1-3-4(6)8(2,5)7/h4-6H,3H2,1-2H3. The highest BCUT2D eigenvalue weighted by molar-refractivity contribution is 7.92. The lowest BCUT2D eigenvalue weighted by Crippen LogP contribution is -2.15. The van der Waals surface area contributed by atoms with Crippen molar-refractivity contribution in [2.24, 2.45) is 0 Å². The molecular formula is C4H11NO2S. The zero-order valence-corrected chi connectivity index (χ0v) is 5.86. The summed E-state index contributed by atoms with van der Waals surface area (Å²) >= 11 is 0. The smallest absolute Gasteiger partial charge is 0.136 e. The fourth-order valence-corrected chi connectivity index (χ4v) is 0.954. The van der Waals surface area contributed by atoms with Gasteiger partial charge in [-0.3, -0.25) is 4.78 Å². The van der Waals surface area contributed by atoms with Crippen molar-refractivity contribution in [3.05, 3.63) is 0 Å². The van der Waals surface area contributed by atoms with Crippen molar-refractivity contribution in [1.29, 1.82) is 4.78 Å². The zero-order valence-electron chi connectivity index (χ0n) is 5.05. The first-order valence-corrected chi connectivity index (χ1v) is 4.42. The Bertz CT molecular complexity index is 149. The summed E-state index contributed by atoms with van der Waals surface area (Å²) in [6, 6.07) is 0. The fraction of sp³-hybridized carbons (Fsp3) is 1.00. The quantitative estimate of drug-likeness (QED) is 0.578. The minimum atomic E-state index is -2.70. The molecule has 0 aliphatic heterocycles. The molecule has 0 aliphatic rings. The van der Waals surface area contributed by atoms with Gasteiger partial charge in [0.1, 0.15) is 5.44 Å². The van der Waals surface area contributed by atoms with Gasteiger partial charge in [-0.25, -0.2) is 4.21 Å². The van der Waals surface area contributed by atoms with E-state index < -0.39 is 15.2 Å². The first-order valence-electron chi connectivity index (χ1n) is 2.39. The Morgan fingerprint density at radius 2 is 2.25 bits per heavy atom. The molecule has 0 rings (SSSR count). The van der Waals surface area contributed by atoms with Gasteiger partial charge in [0.05, 0.1) is 9.73 Å². The molecule has 0 radical (unpaired) electrons. The summed E-state index contributed by atoms with van der Waals surface area (Å²) in [6.45, 7) is 1.70. The minimum Gasteiger partial charge on any atom is -0.379 e. The number of hydrogen-bond acceptors (Lipinski definition) is 3. The maximum Gasteiger partial charge on any atom is 0.136 e. The molecule has 0 bridgehead atoms. The number of nitrogens with one attached hydrogen (secondary N) is 1. The van der Waals surface area contributed by atoms with Crippen LogP contribution in [0.2, 0.25) is 0 Å². The van der Waals surface area contributed by atoms with E-state index in [1.54, 1.807) is 6.92 Å². The molecule has 0 amide bonds. The molecule has 0 heterocycles. The van der Waals surface area contributed by atoms with Gasteiger partial charge in [0.25, 0.3) is 0 Å². The molecule has 2 unspecified atom stereocenters. The van der Waals surface area contributed by atoms with E-state index in [9.17, 15) is 4.21 Å². The van der Waals surface area contributed by atoms with Gasteiger partial charge in [-0.2, -0.15) is 0 Å². The van der Waals surface area contributed by atoms with Crippen molar-refractivity contribution in [3.8, 4) is 0 Å². The molecule has 0 spiro atoms. The lowest BCUT2D eigenvalue weighted by molar-refractivity contribution is 0.251. The van der Waals surface area contributed by atoms with Gasteiger partial charge < -0.3 is 5.11 Å². The van der Waals surface area contributed by atoms with Crippen LogP contribution < -0.4 is 0 Å². The van der Waals surface area contributed by atoms with E-state index in [1.807, 2.05) is 0 Å². The van der Waals surface area contributed by atoms with Crippen molar-refractivity contribution in [1.82, 2.24) is 0 Å². The zero-order chi connectivity index (χ0) is 6.78. The van der Waals surface area contributed by atoms with Crippen LogP contribution in [0.25, 0.3) is 0 Å². The normalized spacial score (nSPS) is 21.9. The van der Waals surface area contributed by atoms with E-state index in [-0.39, 0.29) is 0 Å². The molecule has 0 aromatic rings. The highest BCUT2D eigenvalue weighted by Gasteiger charge is 2.08. The van der Waals surface area contributed by atoms with E-state index in [1.165, 1.54) is 6.26 Å². The lowest BCUT2D eigenvalue weighted by Gasteiger charge is -2.05. The summed E-state index contributed by atoms with van der Waals surface area (Å²) in [5, 5.41) is 8.73. The first kappa shape index (κ1) is 7.91. The van der Waals surface area contributed by atoms with E-state index in [4.69, 9.17) is 9.89 Å². The van der Waals surface area contributed by atoms with Gasteiger partial charge in [0.2, 0.25) is 0 Å². The summed E-state index contributed by atoms with van der Waals surface area (Å²) in [5.74, 6) is 0. The van der Waals surface area contributed by atoms with Crippen LogP contribution in [-0.4, -0.2) is 21.0 Å². The highest BCUT2D eigenvalue weighted by atomic mass is 32.2. The van der Waals surface area contributed by atoms with Crippen molar-refractivity contribution in [3.63, 3.8) is 0 Å². The molecule has 0 aromatic carbocycles. The topological polar surface area (TPSA) is 61.1 Å². The van der Waals surface area contributed by atoms with Crippen LogP contribution in [-0.2, 0) is 9.73 Å².